The molecule has 0 bridgehead atoms. The van der Waals surface area contributed by atoms with Crippen LogP contribution in [0.25, 0.3) is 0 Å². The molecule has 4 heteroatoms. The smallest absolute Gasteiger partial charge is 0.0860 e. The lowest BCUT2D eigenvalue weighted by atomic mass is 9.88. The van der Waals surface area contributed by atoms with E-state index in [4.69, 9.17) is 5.73 Å². The first-order valence-corrected chi connectivity index (χ1v) is 7.76. The lowest BCUT2D eigenvalue weighted by Gasteiger charge is -2.20. The zero-order valence-electron chi connectivity index (χ0n) is 12.8. The van der Waals surface area contributed by atoms with Gasteiger partial charge in [0.2, 0.25) is 0 Å². The second kappa shape index (κ2) is 5.62. The van der Waals surface area contributed by atoms with Gasteiger partial charge in [0.15, 0.2) is 0 Å². The lowest BCUT2D eigenvalue weighted by Crippen LogP contribution is -2.19. The minimum Gasteiger partial charge on any atom is -0.320 e. The van der Waals surface area contributed by atoms with Gasteiger partial charge in [0.1, 0.15) is 0 Å². The molecule has 108 valence electrons. The maximum atomic E-state index is 6.41. The van der Waals surface area contributed by atoms with E-state index in [1.165, 1.54) is 17.1 Å². The molecule has 0 saturated carbocycles. The summed E-state index contributed by atoms with van der Waals surface area (Å²) in [5.74, 6) is 0.537. The van der Waals surface area contributed by atoms with Crippen molar-refractivity contribution in [3.63, 3.8) is 0 Å². The Hall–Kier alpha value is -1.26. The number of benzene rings is 1. The molecule has 0 radical (unpaired) electrons. The topological polar surface area (TPSA) is 51.8 Å². The van der Waals surface area contributed by atoms with Crippen LogP contribution in [-0.4, -0.2) is 9.59 Å². The Balaban J connectivity index is 2.32. The molecule has 3 nitrogen and oxygen atoms in total. The number of nitrogens with two attached hydrogens (primary N) is 1. The van der Waals surface area contributed by atoms with Crippen LogP contribution in [0.4, 0.5) is 0 Å². The number of hydrogen-bond acceptors (Lipinski definition) is 4. The Bertz CT molecular complexity index is 564. The summed E-state index contributed by atoms with van der Waals surface area (Å²) in [5.41, 5.74) is 9.84. The normalized spacial score (nSPS) is 13.8. The molecule has 0 aliphatic rings. The van der Waals surface area contributed by atoms with Gasteiger partial charge in [-0.2, -0.15) is 0 Å². The maximum absolute atomic E-state index is 6.41. The molecule has 0 spiro atoms. The van der Waals surface area contributed by atoms with Gasteiger partial charge in [0, 0.05) is 5.41 Å². The fourth-order valence-electron chi connectivity index (χ4n) is 2.16. The summed E-state index contributed by atoms with van der Waals surface area (Å²) in [4.78, 5) is 1.06. The van der Waals surface area contributed by atoms with Crippen LogP contribution in [0.3, 0.4) is 0 Å². The summed E-state index contributed by atoms with van der Waals surface area (Å²) in [5, 5.41) is 4.27. The van der Waals surface area contributed by atoms with Crippen molar-refractivity contribution in [1.82, 2.24) is 9.59 Å². The van der Waals surface area contributed by atoms with E-state index in [2.05, 4.69) is 68.5 Å². The van der Waals surface area contributed by atoms with Crippen LogP contribution in [-0.2, 0) is 5.41 Å². The van der Waals surface area contributed by atoms with Crippen LogP contribution in [0.2, 0.25) is 0 Å². The molecule has 2 rings (SSSR count). The van der Waals surface area contributed by atoms with Gasteiger partial charge in [-0.05, 0) is 28.6 Å². The molecule has 1 atom stereocenters. The molecule has 1 aromatic heterocycles. The fourth-order valence-corrected chi connectivity index (χ4v) is 3.05. The predicted octanol–water partition coefficient (Wildman–Crippen LogP) is 4.01. The molecular weight excluding hydrogens is 266 g/mol. The zero-order chi connectivity index (χ0) is 14.9. The third-order valence-corrected chi connectivity index (χ3v) is 4.28. The minimum atomic E-state index is -0.148. The van der Waals surface area contributed by atoms with Crippen molar-refractivity contribution >= 4 is 11.5 Å². The molecule has 0 aliphatic carbocycles. The van der Waals surface area contributed by atoms with Crippen molar-refractivity contribution in [2.75, 3.05) is 0 Å². The standard InChI is InChI=1S/C16H23N3S/c1-10(2)11-6-8-12(9-7-11)13(17)14-15(16(3,4)5)18-19-20-14/h6-10,13H,17H2,1-5H3. The summed E-state index contributed by atoms with van der Waals surface area (Å²) in [7, 11) is 0. The molecule has 1 aromatic carbocycles. The van der Waals surface area contributed by atoms with Gasteiger partial charge in [0.25, 0.3) is 0 Å². The highest BCUT2D eigenvalue weighted by Crippen LogP contribution is 2.32. The SMILES string of the molecule is CC(C)c1ccc(C(N)c2snnc2C(C)(C)C)cc1. The number of hydrogen-bond donors (Lipinski definition) is 1. The van der Waals surface area contributed by atoms with Crippen LogP contribution >= 0.6 is 11.5 Å². The summed E-state index contributed by atoms with van der Waals surface area (Å²) in [6.07, 6.45) is 0. The average Bonchev–Trinajstić information content (AvgIpc) is 2.87. The van der Waals surface area contributed by atoms with Crippen molar-refractivity contribution in [3.8, 4) is 0 Å². The monoisotopic (exact) mass is 289 g/mol. The fraction of sp³-hybridized carbons (Fsp3) is 0.500. The van der Waals surface area contributed by atoms with Gasteiger partial charge in [-0.15, -0.1) is 5.10 Å². The van der Waals surface area contributed by atoms with Gasteiger partial charge < -0.3 is 5.73 Å². The van der Waals surface area contributed by atoms with E-state index in [1.807, 2.05) is 0 Å². The van der Waals surface area contributed by atoms with E-state index in [-0.39, 0.29) is 11.5 Å². The zero-order valence-corrected chi connectivity index (χ0v) is 13.7. The first kappa shape index (κ1) is 15.1. The van der Waals surface area contributed by atoms with Crippen molar-refractivity contribution in [2.24, 2.45) is 5.73 Å². The van der Waals surface area contributed by atoms with Crippen LogP contribution in [0.1, 0.15) is 68.3 Å². The summed E-state index contributed by atoms with van der Waals surface area (Å²) in [6, 6.07) is 8.40. The highest BCUT2D eigenvalue weighted by Gasteiger charge is 2.26. The van der Waals surface area contributed by atoms with Crippen LogP contribution < -0.4 is 5.73 Å². The molecule has 0 amide bonds. The summed E-state index contributed by atoms with van der Waals surface area (Å²) >= 11 is 1.40. The van der Waals surface area contributed by atoms with Crippen LogP contribution in [0, 0.1) is 0 Å². The molecule has 1 heterocycles. The summed E-state index contributed by atoms with van der Waals surface area (Å²) < 4.78 is 4.09. The highest BCUT2D eigenvalue weighted by molar-refractivity contribution is 7.05. The second-order valence-corrected chi connectivity index (χ2v) is 7.32. The van der Waals surface area contributed by atoms with Gasteiger partial charge in [-0.25, -0.2) is 0 Å². The largest absolute Gasteiger partial charge is 0.320 e. The molecule has 0 saturated heterocycles. The van der Waals surface area contributed by atoms with E-state index in [0.717, 1.165) is 16.1 Å². The Labute approximate surface area is 125 Å². The average molecular weight is 289 g/mol. The molecule has 2 aromatic rings. The Kier molecular flexibility index (Phi) is 4.25. The first-order chi connectivity index (χ1) is 9.30. The molecule has 0 fully saturated rings. The van der Waals surface area contributed by atoms with E-state index < -0.39 is 0 Å². The van der Waals surface area contributed by atoms with Crippen LogP contribution in [0.15, 0.2) is 24.3 Å². The molecule has 20 heavy (non-hydrogen) atoms. The Morgan fingerprint density at radius 3 is 2.10 bits per heavy atom. The number of nitrogens with zero attached hydrogens (tertiary/aromatic N) is 2. The molecular formula is C16H23N3S. The van der Waals surface area contributed by atoms with Gasteiger partial charge in [-0.1, -0.05) is 63.4 Å². The molecule has 1 unspecified atom stereocenters. The van der Waals surface area contributed by atoms with Gasteiger partial charge >= 0.3 is 0 Å². The predicted molar refractivity (Wildman–Crippen MR) is 85.2 cm³/mol. The third kappa shape index (κ3) is 3.07. The lowest BCUT2D eigenvalue weighted by molar-refractivity contribution is 0.556. The maximum Gasteiger partial charge on any atom is 0.0860 e. The first-order valence-electron chi connectivity index (χ1n) is 6.99. The Morgan fingerprint density at radius 2 is 1.60 bits per heavy atom. The minimum absolute atomic E-state index is 0.0299. The molecule has 2 N–H and O–H groups in total. The third-order valence-electron chi connectivity index (χ3n) is 3.47. The highest BCUT2D eigenvalue weighted by atomic mass is 32.1. The van der Waals surface area contributed by atoms with Crippen molar-refractivity contribution in [2.45, 2.75) is 52.0 Å². The van der Waals surface area contributed by atoms with E-state index in [1.54, 1.807) is 0 Å². The van der Waals surface area contributed by atoms with Crippen LogP contribution in [0.5, 0.6) is 0 Å². The van der Waals surface area contributed by atoms with E-state index in [9.17, 15) is 0 Å². The Morgan fingerprint density at radius 1 is 1.05 bits per heavy atom. The number of rotatable bonds is 3. The van der Waals surface area contributed by atoms with E-state index in [0.29, 0.717) is 5.92 Å². The summed E-state index contributed by atoms with van der Waals surface area (Å²) in [6.45, 7) is 10.8. The van der Waals surface area contributed by atoms with Crippen molar-refractivity contribution in [1.29, 1.82) is 0 Å². The van der Waals surface area contributed by atoms with Gasteiger partial charge in [0.05, 0.1) is 16.6 Å². The number of aromatic nitrogens is 2. The van der Waals surface area contributed by atoms with Crippen molar-refractivity contribution < 1.29 is 0 Å². The molecule has 0 aliphatic heterocycles. The van der Waals surface area contributed by atoms with Gasteiger partial charge in [-0.3, -0.25) is 0 Å². The second-order valence-electron chi connectivity index (χ2n) is 6.53. The quantitative estimate of drug-likeness (QED) is 0.929. The van der Waals surface area contributed by atoms with E-state index >= 15 is 0 Å². The van der Waals surface area contributed by atoms with Crippen molar-refractivity contribution in [3.05, 3.63) is 46.0 Å².